The molecule has 2 N–H and O–H groups in total. The van der Waals surface area contributed by atoms with E-state index >= 15 is 0 Å². The van der Waals surface area contributed by atoms with E-state index in [9.17, 15) is 9.18 Å². The van der Waals surface area contributed by atoms with Crippen LogP contribution >= 0.6 is 19.8 Å². The first-order valence-electron chi connectivity index (χ1n) is 5.13. The SMILES string of the molecule is CI1CNC[C@@]1(CF)NC(=O)OC(C)(C)C. The Kier molecular flexibility index (Phi) is 4.39. The molecule has 1 aliphatic heterocycles. The van der Waals surface area contributed by atoms with Crippen LogP contribution in [0.1, 0.15) is 20.8 Å². The van der Waals surface area contributed by atoms with Gasteiger partial charge in [0.2, 0.25) is 0 Å². The molecule has 1 atom stereocenters. The third kappa shape index (κ3) is 3.44. The number of carbonyl (C=O) groups is 1. The van der Waals surface area contributed by atoms with Gasteiger partial charge in [-0.2, -0.15) is 0 Å². The number of nitrogens with one attached hydrogen (secondary N) is 2. The van der Waals surface area contributed by atoms with E-state index in [1.807, 2.05) is 0 Å². The number of carbonyl (C=O) groups excluding carboxylic acids is 1. The molecule has 16 heavy (non-hydrogen) atoms. The molecule has 1 amide bonds. The van der Waals surface area contributed by atoms with Gasteiger partial charge >= 0.3 is 103 Å². The van der Waals surface area contributed by atoms with Gasteiger partial charge in [0.15, 0.2) is 0 Å². The van der Waals surface area contributed by atoms with Crippen LogP contribution in [0.2, 0.25) is 0 Å². The van der Waals surface area contributed by atoms with Crippen molar-refractivity contribution in [2.45, 2.75) is 29.9 Å². The van der Waals surface area contributed by atoms with Gasteiger partial charge in [-0.3, -0.25) is 0 Å². The van der Waals surface area contributed by atoms with Crippen molar-refractivity contribution < 1.29 is 13.9 Å². The number of hydrogen-bond donors (Lipinski definition) is 2. The third-order valence-corrected chi connectivity index (χ3v) is 8.40. The van der Waals surface area contributed by atoms with Gasteiger partial charge in [0.1, 0.15) is 0 Å². The molecule has 1 fully saturated rings. The fraction of sp³-hybridized carbons (Fsp3) is 0.900. The second-order valence-corrected chi connectivity index (χ2v) is 11.1. The Hall–Kier alpha value is -0.110. The van der Waals surface area contributed by atoms with Crippen LogP contribution in [0.5, 0.6) is 0 Å². The molecule has 0 aromatic rings. The maximum absolute atomic E-state index is 13.1. The summed E-state index contributed by atoms with van der Waals surface area (Å²) >= 11 is -1.50. The van der Waals surface area contributed by atoms with Crippen molar-refractivity contribution in [3.05, 3.63) is 0 Å². The summed E-state index contributed by atoms with van der Waals surface area (Å²) < 4.78 is 18.5. The summed E-state index contributed by atoms with van der Waals surface area (Å²) in [6.45, 7) is 5.39. The number of hydrogen-bond acceptors (Lipinski definition) is 3. The Balaban J connectivity index is 2.60. The van der Waals surface area contributed by atoms with Crippen molar-refractivity contribution in [3.63, 3.8) is 0 Å². The van der Waals surface area contributed by atoms with Crippen LogP contribution in [-0.2, 0) is 4.74 Å². The Bertz CT molecular complexity index is 270. The molecule has 0 unspecified atom stereocenters. The Morgan fingerprint density at radius 3 is 2.62 bits per heavy atom. The van der Waals surface area contributed by atoms with Gasteiger partial charge in [0.25, 0.3) is 0 Å². The average Bonchev–Trinajstić information content (AvgIpc) is 2.45. The number of ether oxygens (including phenoxy) is 1. The van der Waals surface area contributed by atoms with Crippen LogP contribution < -0.4 is 10.6 Å². The Morgan fingerprint density at radius 2 is 2.25 bits per heavy atom. The van der Waals surface area contributed by atoms with Gasteiger partial charge in [0.05, 0.1) is 0 Å². The molecule has 1 heterocycles. The molecule has 0 aromatic carbocycles. The Labute approximate surface area is 103 Å². The van der Waals surface area contributed by atoms with Crippen LogP contribution in [0.15, 0.2) is 0 Å². The van der Waals surface area contributed by atoms with Crippen LogP contribution in [0, 0.1) is 0 Å². The number of alkyl carbamates (subject to hydrolysis) is 1. The molecule has 6 heteroatoms. The summed E-state index contributed by atoms with van der Waals surface area (Å²) in [4.78, 5) is 13.7. The minimum atomic E-state index is -1.50. The first-order valence-corrected chi connectivity index (χ1v) is 9.89. The van der Waals surface area contributed by atoms with Gasteiger partial charge in [-0.25, -0.2) is 0 Å². The molecule has 1 aliphatic rings. The minimum absolute atomic E-state index is 0.513. The van der Waals surface area contributed by atoms with E-state index in [2.05, 4.69) is 15.6 Å². The fourth-order valence-corrected chi connectivity index (χ4v) is 5.31. The zero-order valence-corrected chi connectivity index (χ0v) is 12.4. The summed E-state index contributed by atoms with van der Waals surface area (Å²) in [6.07, 6.45) is -0.516. The van der Waals surface area contributed by atoms with Crippen molar-refractivity contribution in [3.8, 4) is 0 Å². The zero-order chi connectivity index (χ0) is 12.4. The van der Waals surface area contributed by atoms with E-state index in [4.69, 9.17) is 4.74 Å². The molecule has 0 bridgehead atoms. The van der Waals surface area contributed by atoms with Gasteiger partial charge in [-0.1, -0.05) is 0 Å². The quantitative estimate of drug-likeness (QED) is 0.456. The second kappa shape index (κ2) is 5.03. The number of rotatable bonds is 2. The fourth-order valence-electron chi connectivity index (χ4n) is 1.41. The van der Waals surface area contributed by atoms with Crippen LogP contribution in [-0.4, -0.2) is 37.9 Å². The van der Waals surface area contributed by atoms with Crippen LogP contribution in [0.4, 0.5) is 9.18 Å². The molecule has 0 aromatic heterocycles. The normalized spacial score (nSPS) is 27.9. The number of alkyl halides is 4. The molecular formula is C10H20FIN2O2. The third-order valence-electron chi connectivity index (χ3n) is 2.25. The molecular weight excluding hydrogens is 326 g/mol. The van der Waals surface area contributed by atoms with Crippen molar-refractivity contribution in [1.82, 2.24) is 10.6 Å². The first-order chi connectivity index (χ1) is 7.29. The monoisotopic (exact) mass is 346 g/mol. The first kappa shape index (κ1) is 14.0. The predicted molar refractivity (Wildman–Crippen MR) is 70.9 cm³/mol. The predicted octanol–water partition coefficient (Wildman–Crippen LogP) is 1.87. The number of halogens is 2. The number of amides is 1. The average molecular weight is 346 g/mol. The zero-order valence-electron chi connectivity index (χ0n) is 10.2. The maximum atomic E-state index is 13.1. The van der Waals surface area contributed by atoms with Crippen molar-refractivity contribution >= 4 is 25.9 Å². The van der Waals surface area contributed by atoms with Crippen molar-refractivity contribution in [2.75, 3.05) is 22.7 Å². The standard InChI is InChI=1S/C10H20FIN2O2/c1-9(2,3)16-8(15)14-10(5-11)6-13-7-12(10)4/h13H,5-7H2,1-4H3,(H,14,15)/t10-/m1/s1. The van der Waals surface area contributed by atoms with E-state index in [0.717, 1.165) is 4.55 Å². The molecule has 1 saturated heterocycles. The van der Waals surface area contributed by atoms with Crippen molar-refractivity contribution in [2.24, 2.45) is 0 Å². The summed E-state index contributed by atoms with van der Waals surface area (Å²) in [6, 6.07) is 0. The van der Waals surface area contributed by atoms with Gasteiger partial charge in [-0.05, 0) is 0 Å². The van der Waals surface area contributed by atoms with Gasteiger partial charge < -0.3 is 0 Å². The Morgan fingerprint density at radius 1 is 1.62 bits per heavy atom. The van der Waals surface area contributed by atoms with Gasteiger partial charge in [0, 0.05) is 0 Å². The summed E-state index contributed by atoms with van der Waals surface area (Å²) in [5.41, 5.74) is -0.541. The van der Waals surface area contributed by atoms with Crippen LogP contribution in [0.25, 0.3) is 0 Å². The van der Waals surface area contributed by atoms with E-state index in [1.54, 1.807) is 20.8 Å². The summed E-state index contributed by atoms with van der Waals surface area (Å²) in [5.74, 6) is 0. The molecule has 1 rings (SSSR count). The van der Waals surface area contributed by atoms with Crippen LogP contribution in [0.3, 0.4) is 0 Å². The summed E-state index contributed by atoms with van der Waals surface area (Å²) in [7, 11) is 0. The molecule has 4 nitrogen and oxygen atoms in total. The molecule has 96 valence electrons. The second-order valence-electron chi connectivity index (χ2n) is 4.88. The molecule has 0 saturated carbocycles. The molecule has 0 spiro atoms. The topological polar surface area (TPSA) is 50.4 Å². The van der Waals surface area contributed by atoms with E-state index in [0.29, 0.717) is 6.54 Å². The molecule has 0 aliphatic carbocycles. The van der Waals surface area contributed by atoms with E-state index in [1.165, 1.54) is 0 Å². The summed E-state index contributed by atoms with van der Waals surface area (Å²) in [5, 5.41) is 5.86. The van der Waals surface area contributed by atoms with E-state index < -0.39 is 41.7 Å². The molecule has 0 radical (unpaired) electrons. The van der Waals surface area contributed by atoms with Gasteiger partial charge in [-0.15, -0.1) is 0 Å². The van der Waals surface area contributed by atoms with E-state index in [-0.39, 0.29) is 0 Å². The van der Waals surface area contributed by atoms with Crippen molar-refractivity contribution in [1.29, 1.82) is 0 Å².